The van der Waals surface area contributed by atoms with Crippen molar-refractivity contribution in [3.8, 4) is 6.07 Å². The summed E-state index contributed by atoms with van der Waals surface area (Å²) >= 11 is 0. The summed E-state index contributed by atoms with van der Waals surface area (Å²) in [6.45, 7) is 7.62. The first-order valence-electron chi connectivity index (χ1n) is 4.94. The Labute approximate surface area is 81.1 Å². The van der Waals surface area contributed by atoms with Crippen LogP contribution in [0, 0.1) is 11.3 Å². The van der Waals surface area contributed by atoms with Gasteiger partial charge in [0.1, 0.15) is 0 Å². The maximum atomic E-state index is 8.76. The molecule has 1 unspecified atom stereocenters. The van der Waals surface area contributed by atoms with Gasteiger partial charge in [0.25, 0.3) is 0 Å². The van der Waals surface area contributed by atoms with Crippen molar-refractivity contribution in [2.75, 3.05) is 13.2 Å². The van der Waals surface area contributed by atoms with E-state index >= 15 is 0 Å². The van der Waals surface area contributed by atoms with E-state index in [0.717, 1.165) is 19.4 Å². The first-order valence-corrected chi connectivity index (χ1v) is 4.94. The molecule has 0 aromatic heterocycles. The van der Waals surface area contributed by atoms with Crippen LogP contribution < -0.4 is 5.32 Å². The van der Waals surface area contributed by atoms with Crippen molar-refractivity contribution in [2.24, 2.45) is 0 Å². The standard InChI is InChI=1S/C10H20N2O/c1-4-6-13-7-5-10(8-11)12-9(2)3/h9-10,12H,4-7H2,1-3H3. The Balaban J connectivity index is 3.44. The SMILES string of the molecule is CCCOCCC(C#N)NC(C)C. The summed E-state index contributed by atoms with van der Waals surface area (Å²) in [6, 6.07) is 2.50. The van der Waals surface area contributed by atoms with Gasteiger partial charge in [-0.1, -0.05) is 6.92 Å². The fourth-order valence-electron chi connectivity index (χ4n) is 1.04. The molecule has 0 aliphatic rings. The van der Waals surface area contributed by atoms with Gasteiger partial charge in [-0.15, -0.1) is 0 Å². The van der Waals surface area contributed by atoms with E-state index in [-0.39, 0.29) is 6.04 Å². The fraction of sp³-hybridized carbons (Fsp3) is 0.900. The number of nitriles is 1. The van der Waals surface area contributed by atoms with E-state index in [1.807, 2.05) is 13.8 Å². The largest absolute Gasteiger partial charge is 0.381 e. The molecule has 0 bridgehead atoms. The summed E-state index contributed by atoms with van der Waals surface area (Å²) in [6.07, 6.45) is 1.81. The highest BCUT2D eigenvalue weighted by Crippen LogP contribution is 1.94. The van der Waals surface area contributed by atoms with Gasteiger partial charge in [-0.25, -0.2) is 0 Å². The highest BCUT2D eigenvalue weighted by Gasteiger charge is 2.07. The summed E-state index contributed by atoms with van der Waals surface area (Å²) in [5.41, 5.74) is 0. The zero-order chi connectivity index (χ0) is 10.1. The smallest absolute Gasteiger partial charge is 0.0976 e. The molecule has 0 aromatic rings. The normalized spacial score (nSPS) is 12.8. The lowest BCUT2D eigenvalue weighted by Crippen LogP contribution is -2.34. The van der Waals surface area contributed by atoms with Crippen LogP contribution in [0.25, 0.3) is 0 Å². The quantitative estimate of drug-likeness (QED) is 0.612. The molecular formula is C10H20N2O. The number of nitrogens with zero attached hydrogens (tertiary/aromatic N) is 1. The van der Waals surface area contributed by atoms with Crippen LogP contribution in [0.3, 0.4) is 0 Å². The van der Waals surface area contributed by atoms with Crippen LogP contribution in [0.5, 0.6) is 0 Å². The van der Waals surface area contributed by atoms with E-state index in [1.54, 1.807) is 0 Å². The highest BCUT2D eigenvalue weighted by molar-refractivity contribution is 4.90. The Morgan fingerprint density at radius 2 is 2.08 bits per heavy atom. The Bertz CT molecular complexity index is 151. The van der Waals surface area contributed by atoms with Crippen molar-refractivity contribution in [3.63, 3.8) is 0 Å². The number of hydrogen-bond acceptors (Lipinski definition) is 3. The highest BCUT2D eigenvalue weighted by atomic mass is 16.5. The third-order valence-corrected chi connectivity index (χ3v) is 1.59. The van der Waals surface area contributed by atoms with Crippen LogP contribution in [0.1, 0.15) is 33.6 Å². The molecule has 0 saturated heterocycles. The van der Waals surface area contributed by atoms with E-state index in [2.05, 4.69) is 18.3 Å². The molecule has 0 rings (SSSR count). The van der Waals surface area contributed by atoms with E-state index < -0.39 is 0 Å². The summed E-state index contributed by atoms with van der Waals surface area (Å²) in [4.78, 5) is 0. The molecular weight excluding hydrogens is 164 g/mol. The Kier molecular flexibility index (Phi) is 7.66. The van der Waals surface area contributed by atoms with Crippen molar-refractivity contribution in [1.82, 2.24) is 5.32 Å². The molecule has 0 aliphatic carbocycles. The number of rotatable bonds is 7. The van der Waals surface area contributed by atoms with Gasteiger partial charge < -0.3 is 4.74 Å². The minimum atomic E-state index is -0.0724. The molecule has 76 valence electrons. The number of ether oxygens (including phenoxy) is 1. The van der Waals surface area contributed by atoms with Gasteiger partial charge in [0, 0.05) is 19.3 Å². The van der Waals surface area contributed by atoms with Crippen molar-refractivity contribution in [3.05, 3.63) is 0 Å². The zero-order valence-corrected chi connectivity index (χ0v) is 8.84. The monoisotopic (exact) mass is 184 g/mol. The van der Waals surface area contributed by atoms with E-state index in [1.165, 1.54) is 0 Å². The molecule has 0 aromatic carbocycles. The van der Waals surface area contributed by atoms with Crippen LogP contribution in [-0.2, 0) is 4.74 Å². The van der Waals surface area contributed by atoms with Crippen LogP contribution in [0.2, 0.25) is 0 Å². The number of hydrogen-bond donors (Lipinski definition) is 1. The topological polar surface area (TPSA) is 45.0 Å². The predicted molar refractivity (Wildman–Crippen MR) is 53.4 cm³/mol. The second-order valence-corrected chi connectivity index (χ2v) is 3.40. The van der Waals surface area contributed by atoms with Crippen LogP contribution in [0.4, 0.5) is 0 Å². The van der Waals surface area contributed by atoms with Crippen molar-refractivity contribution < 1.29 is 4.74 Å². The number of nitrogens with one attached hydrogen (secondary N) is 1. The molecule has 0 spiro atoms. The minimum absolute atomic E-state index is 0.0724. The molecule has 3 heteroatoms. The van der Waals surface area contributed by atoms with Crippen molar-refractivity contribution >= 4 is 0 Å². The van der Waals surface area contributed by atoms with Crippen LogP contribution in [-0.4, -0.2) is 25.3 Å². The molecule has 1 atom stereocenters. The van der Waals surface area contributed by atoms with Gasteiger partial charge in [-0.2, -0.15) is 5.26 Å². The van der Waals surface area contributed by atoms with Crippen molar-refractivity contribution in [2.45, 2.75) is 45.7 Å². The first-order chi connectivity index (χ1) is 6.20. The first kappa shape index (κ1) is 12.4. The maximum Gasteiger partial charge on any atom is 0.0976 e. The van der Waals surface area contributed by atoms with E-state index in [0.29, 0.717) is 12.6 Å². The van der Waals surface area contributed by atoms with Gasteiger partial charge in [0.05, 0.1) is 12.1 Å². The lowest BCUT2D eigenvalue weighted by molar-refractivity contribution is 0.128. The molecule has 1 N–H and O–H groups in total. The zero-order valence-electron chi connectivity index (χ0n) is 8.84. The average molecular weight is 184 g/mol. The molecule has 3 nitrogen and oxygen atoms in total. The average Bonchev–Trinajstić information content (AvgIpc) is 2.09. The predicted octanol–water partition coefficient (Wildman–Crippen LogP) is 1.69. The van der Waals surface area contributed by atoms with Gasteiger partial charge in [-0.05, 0) is 26.7 Å². The van der Waals surface area contributed by atoms with Gasteiger partial charge >= 0.3 is 0 Å². The molecule has 0 fully saturated rings. The summed E-state index contributed by atoms with van der Waals surface area (Å²) < 4.78 is 5.31. The fourth-order valence-corrected chi connectivity index (χ4v) is 1.04. The minimum Gasteiger partial charge on any atom is -0.381 e. The maximum absolute atomic E-state index is 8.76. The molecule has 0 radical (unpaired) electrons. The van der Waals surface area contributed by atoms with Crippen LogP contribution >= 0.6 is 0 Å². The van der Waals surface area contributed by atoms with Crippen LogP contribution in [0.15, 0.2) is 0 Å². The Hall–Kier alpha value is -0.590. The second-order valence-electron chi connectivity index (χ2n) is 3.40. The molecule has 0 saturated carbocycles. The lowest BCUT2D eigenvalue weighted by Gasteiger charge is -2.14. The Morgan fingerprint density at radius 1 is 1.38 bits per heavy atom. The third kappa shape index (κ3) is 7.76. The summed E-state index contributed by atoms with van der Waals surface area (Å²) in [5, 5.41) is 11.9. The van der Waals surface area contributed by atoms with Gasteiger partial charge in [-0.3, -0.25) is 5.32 Å². The van der Waals surface area contributed by atoms with Crippen molar-refractivity contribution in [1.29, 1.82) is 5.26 Å². The summed E-state index contributed by atoms with van der Waals surface area (Å²) in [7, 11) is 0. The molecule has 0 amide bonds. The third-order valence-electron chi connectivity index (χ3n) is 1.59. The molecule has 0 heterocycles. The lowest BCUT2D eigenvalue weighted by atomic mass is 10.2. The van der Waals surface area contributed by atoms with E-state index in [9.17, 15) is 0 Å². The summed E-state index contributed by atoms with van der Waals surface area (Å²) in [5.74, 6) is 0. The molecule has 0 aliphatic heterocycles. The molecule has 13 heavy (non-hydrogen) atoms. The van der Waals surface area contributed by atoms with Gasteiger partial charge in [0.15, 0.2) is 0 Å². The van der Waals surface area contributed by atoms with E-state index in [4.69, 9.17) is 10.00 Å². The Morgan fingerprint density at radius 3 is 2.54 bits per heavy atom. The second kappa shape index (κ2) is 8.03. The van der Waals surface area contributed by atoms with Gasteiger partial charge in [0.2, 0.25) is 0 Å².